The number of carbonyl (C=O) groups is 1. The van der Waals surface area contributed by atoms with Gasteiger partial charge in [0.2, 0.25) is 5.91 Å². The highest BCUT2D eigenvalue weighted by Gasteiger charge is 2.17. The Labute approximate surface area is 103 Å². The van der Waals surface area contributed by atoms with Crippen LogP contribution in [0.1, 0.15) is 33.1 Å². The monoisotopic (exact) mass is 244 g/mol. The summed E-state index contributed by atoms with van der Waals surface area (Å²) in [5.41, 5.74) is 0. The van der Waals surface area contributed by atoms with E-state index in [1.807, 2.05) is 18.7 Å². The summed E-state index contributed by atoms with van der Waals surface area (Å²) in [7, 11) is 0. The van der Waals surface area contributed by atoms with E-state index in [4.69, 9.17) is 0 Å². The molecule has 2 atom stereocenters. The van der Waals surface area contributed by atoms with Crippen LogP contribution in [0.5, 0.6) is 0 Å². The van der Waals surface area contributed by atoms with Crippen LogP contribution in [-0.2, 0) is 4.79 Å². The largest absolute Gasteiger partial charge is 0.355 e. The maximum Gasteiger partial charge on any atom is 0.224 e. The van der Waals surface area contributed by atoms with Gasteiger partial charge in [0.05, 0.1) is 0 Å². The van der Waals surface area contributed by atoms with Crippen molar-refractivity contribution in [1.29, 1.82) is 0 Å². The SMILES string of the molecule is CCNCC(C)C(=O)NCC1CCCCS1. The van der Waals surface area contributed by atoms with Crippen LogP contribution in [0.3, 0.4) is 0 Å². The molecule has 0 aromatic rings. The highest BCUT2D eigenvalue weighted by atomic mass is 32.2. The number of thioether (sulfide) groups is 1. The number of hydrogen-bond acceptors (Lipinski definition) is 3. The van der Waals surface area contributed by atoms with E-state index in [9.17, 15) is 4.79 Å². The van der Waals surface area contributed by atoms with Gasteiger partial charge in [-0.1, -0.05) is 20.3 Å². The fourth-order valence-electron chi connectivity index (χ4n) is 1.81. The van der Waals surface area contributed by atoms with Crippen LogP contribution in [0.2, 0.25) is 0 Å². The smallest absolute Gasteiger partial charge is 0.224 e. The van der Waals surface area contributed by atoms with Crippen molar-refractivity contribution in [1.82, 2.24) is 10.6 Å². The predicted molar refractivity (Wildman–Crippen MR) is 70.8 cm³/mol. The number of carbonyl (C=O) groups excluding carboxylic acids is 1. The summed E-state index contributed by atoms with van der Waals surface area (Å²) in [4.78, 5) is 11.7. The van der Waals surface area contributed by atoms with Gasteiger partial charge in [-0.15, -0.1) is 0 Å². The normalized spacial score (nSPS) is 22.8. The van der Waals surface area contributed by atoms with Gasteiger partial charge in [-0.2, -0.15) is 11.8 Å². The highest BCUT2D eigenvalue weighted by molar-refractivity contribution is 7.99. The van der Waals surface area contributed by atoms with E-state index in [0.717, 1.165) is 19.6 Å². The van der Waals surface area contributed by atoms with Crippen molar-refractivity contribution in [3.8, 4) is 0 Å². The van der Waals surface area contributed by atoms with Gasteiger partial charge in [-0.25, -0.2) is 0 Å². The summed E-state index contributed by atoms with van der Waals surface area (Å²) in [6.45, 7) is 6.59. The molecule has 3 nitrogen and oxygen atoms in total. The molecule has 1 fully saturated rings. The molecule has 2 N–H and O–H groups in total. The minimum Gasteiger partial charge on any atom is -0.355 e. The van der Waals surface area contributed by atoms with Crippen molar-refractivity contribution in [2.45, 2.75) is 38.4 Å². The predicted octanol–water partition coefficient (Wildman–Crippen LogP) is 1.63. The van der Waals surface area contributed by atoms with Crippen molar-refractivity contribution in [3.63, 3.8) is 0 Å². The third-order valence-corrected chi connectivity index (χ3v) is 4.32. The van der Waals surface area contributed by atoms with Crippen molar-refractivity contribution >= 4 is 17.7 Å². The first-order valence-corrected chi connectivity index (χ1v) is 7.39. The maximum absolute atomic E-state index is 11.7. The average Bonchev–Trinajstić information content (AvgIpc) is 2.34. The van der Waals surface area contributed by atoms with E-state index in [-0.39, 0.29) is 11.8 Å². The van der Waals surface area contributed by atoms with E-state index < -0.39 is 0 Å². The molecule has 0 spiro atoms. The van der Waals surface area contributed by atoms with Crippen LogP contribution < -0.4 is 10.6 Å². The van der Waals surface area contributed by atoms with Gasteiger partial charge in [0.25, 0.3) is 0 Å². The van der Waals surface area contributed by atoms with Gasteiger partial charge >= 0.3 is 0 Å². The van der Waals surface area contributed by atoms with Gasteiger partial charge in [-0.3, -0.25) is 4.79 Å². The second-order valence-corrected chi connectivity index (χ2v) is 5.85. The van der Waals surface area contributed by atoms with Crippen molar-refractivity contribution in [2.24, 2.45) is 5.92 Å². The van der Waals surface area contributed by atoms with Gasteiger partial charge < -0.3 is 10.6 Å². The van der Waals surface area contributed by atoms with Crippen LogP contribution in [0, 0.1) is 5.92 Å². The summed E-state index contributed by atoms with van der Waals surface area (Å²) < 4.78 is 0. The highest BCUT2D eigenvalue weighted by Crippen LogP contribution is 2.24. The zero-order valence-corrected chi connectivity index (χ0v) is 11.2. The van der Waals surface area contributed by atoms with E-state index in [1.165, 1.54) is 25.0 Å². The Kier molecular flexibility index (Phi) is 6.88. The maximum atomic E-state index is 11.7. The molecular weight excluding hydrogens is 220 g/mol. The molecule has 0 aromatic heterocycles. The summed E-state index contributed by atoms with van der Waals surface area (Å²) in [5.74, 6) is 1.52. The zero-order chi connectivity index (χ0) is 11.8. The minimum absolute atomic E-state index is 0.0774. The van der Waals surface area contributed by atoms with Gasteiger partial charge in [0.1, 0.15) is 0 Å². The first-order chi connectivity index (χ1) is 7.74. The van der Waals surface area contributed by atoms with Gasteiger partial charge in [-0.05, 0) is 25.1 Å². The molecule has 4 heteroatoms. The van der Waals surface area contributed by atoms with E-state index >= 15 is 0 Å². The molecule has 0 radical (unpaired) electrons. The zero-order valence-electron chi connectivity index (χ0n) is 10.4. The second kappa shape index (κ2) is 7.96. The molecule has 94 valence electrons. The fraction of sp³-hybridized carbons (Fsp3) is 0.917. The number of hydrogen-bond donors (Lipinski definition) is 2. The minimum atomic E-state index is 0.0774. The molecule has 16 heavy (non-hydrogen) atoms. The Morgan fingerprint density at radius 1 is 1.50 bits per heavy atom. The Morgan fingerprint density at radius 2 is 2.31 bits per heavy atom. The molecule has 1 rings (SSSR count). The number of amides is 1. The summed E-state index contributed by atoms with van der Waals surface area (Å²) in [6.07, 6.45) is 3.92. The number of nitrogens with one attached hydrogen (secondary N) is 2. The lowest BCUT2D eigenvalue weighted by Gasteiger charge is -2.22. The van der Waals surface area contributed by atoms with Crippen LogP contribution in [0.4, 0.5) is 0 Å². The van der Waals surface area contributed by atoms with Crippen LogP contribution >= 0.6 is 11.8 Å². The Bertz CT molecular complexity index is 205. The van der Waals surface area contributed by atoms with E-state index in [1.54, 1.807) is 0 Å². The Balaban J connectivity index is 2.12. The molecule has 0 saturated carbocycles. The average molecular weight is 244 g/mol. The fourth-order valence-corrected chi connectivity index (χ4v) is 3.05. The lowest BCUT2D eigenvalue weighted by molar-refractivity contribution is -0.124. The lowest BCUT2D eigenvalue weighted by atomic mass is 10.1. The summed E-state index contributed by atoms with van der Waals surface area (Å²) >= 11 is 2.00. The third kappa shape index (κ3) is 5.21. The summed E-state index contributed by atoms with van der Waals surface area (Å²) in [5, 5.41) is 6.90. The standard InChI is InChI=1S/C12H24N2OS/c1-3-13-8-10(2)12(15)14-9-11-6-4-5-7-16-11/h10-11,13H,3-9H2,1-2H3,(H,14,15). The topological polar surface area (TPSA) is 41.1 Å². The molecule has 1 amide bonds. The molecule has 1 saturated heterocycles. The number of rotatable bonds is 6. The molecule has 1 aliphatic rings. The molecule has 0 bridgehead atoms. The first-order valence-electron chi connectivity index (χ1n) is 6.34. The Morgan fingerprint density at radius 3 is 2.94 bits per heavy atom. The van der Waals surface area contributed by atoms with Crippen LogP contribution in [0.15, 0.2) is 0 Å². The second-order valence-electron chi connectivity index (χ2n) is 4.44. The lowest BCUT2D eigenvalue weighted by Crippen LogP contribution is -2.38. The van der Waals surface area contributed by atoms with Crippen LogP contribution in [0.25, 0.3) is 0 Å². The molecule has 0 aromatic carbocycles. The molecule has 1 aliphatic heterocycles. The first kappa shape index (κ1) is 13.8. The summed E-state index contributed by atoms with van der Waals surface area (Å²) in [6, 6.07) is 0. The molecule has 0 aliphatic carbocycles. The van der Waals surface area contributed by atoms with Crippen molar-refractivity contribution in [2.75, 3.05) is 25.4 Å². The van der Waals surface area contributed by atoms with E-state index in [2.05, 4.69) is 17.6 Å². The third-order valence-electron chi connectivity index (χ3n) is 2.93. The Hall–Kier alpha value is -0.220. The molecular formula is C12H24N2OS. The molecule has 1 heterocycles. The van der Waals surface area contributed by atoms with Crippen molar-refractivity contribution in [3.05, 3.63) is 0 Å². The molecule has 2 unspecified atom stereocenters. The quantitative estimate of drug-likeness (QED) is 0.746. The van der Waals surface area contributed by atoms with Crippen LogP contribution in [-0.4, -0.2) is 36.5 Å². The van der Waals surface area contributed by atoms with Crippen molar-refractivity contribution < 1.29 is 4.79 Å². The van der Waals surface area contributed by atoms with Gasteiger partial charge in [0, 0.05) is 24.3 Å². The van der Waals surface area contributed by atoms with Gasteiger partial charge in [0.15, 0.2) is 0 Å². The van der Waals surface area contributed by atoms with E-state index in [0.29, 0.717) is 5.25 Å².